The number of carbonyl (C=O) groups is 1. The van der Waals surface area contributed by atoms with Gasteiger partial charge in [-0.15, -0.1) is 0 Å². The lowest BCUT2D eigenvalue weighted by molar-refractivity contribution is -0.142. The number of aliphatic hydroxyl groups excluding tert-OH is 1. The first-order valence-corrected chi connectivity index (χ1v) is 5.71. The zero-order valence-corrected chi connectivity index (χ0v) is 11.0. The fourth-order valence-corrected chi connectivity index (χ4v) is 1.56. The number of carbonyl (C=O) groups excluding carboxylic acids is 1. The van der Waals surface area contributed by atoms with Crippen molar-refractivity contribution in [3.05, 3.63) is 34.9 Å². The number of hydrogen-bond acceptors (Lipinski definition) is 4. The summed E-state index contributed by atoms with van der Waals surface area (Å²) >= 11 is 5.94. The van der Waals surface area contributed by atoms with Crippen molar-refractivity contribution in [2.24, 2.45) is 0 Å². The number of aliphatic hydroxyl groups is 1. The van der Waals surface area contributed by atoms with Crippen molar-refractivity contribution >= 4 is 23.6 Å². The lowest BCUT2D eigenvalue weighted by Gasteiger charge is -2.09. The van der Waals surface area contributed by atoms with Crippen LogP contribution in [0.25, 0.3) is 6.08 Å². The van der Waals surface area contributed by atoms with E-state index < -0.39 is 12.1 Å². The Labute approximate surface area is 111 Å². The maximum Gasteiger partial charge on any atom is 0.308 e. The summed E-state index contributed by atoms with van der Waals surface area (Å²) in [6.45, 7) is 0. The molecule has 1 atom stereocenters. The maximum absolute atomic E-state index is 11.0. The molecule has 0 aliphatic rings. The largest absolute Gasteiger partial charge is 0.496 e. The first kappa shape index (κ1) is 14.5. The zero-order valence-electron chi connectivity index (χ0n) is 10.2. The van der Waals surface area contributed by atoms with Crippen LogP contribution in [0, 0.1) is 0 Å². The molecule has 4 nitrogen and oxygen atoms in total. The Balaban J connectivity index is 2.84. The van der Waals surface area contributed by atoms with Crippen LogP contribution in [0.5, 0.6) is 5.75 Å². The molecule has 98 valence electrons. The van der Waals surface area contributed by atoms with E-state index in [2.05, 4.69) is 4.74 Å². The minimum atomic E-state index is -1.08. The van der Waals surface area contributed by atoms with Crippen LogP contribution < -0.4 is 4.74 Å². The molecule has 0 aliphatic carbocycles. The number of halogens is 1. The summed E-state index contributed by atoms with van der Waals surface area (Å²) in [5.74, 6) is 0.120. The molecule has 0 heterocycles. The van der Waals surface area contributed by atoms with Gasteiger partial charge in [-0.3, -0.25) is 4.79 Å². The van der Waals surface area contributed by atoms with E-state index in [1.165, 1.54) is 7.11 Å². The molecule has 1 aromatic carbocycles. The van der Waals surface area contributed by atoms with Gasteiger partial charge in [-0.05, 0) is 12.1 Å². The second-order valence-electron chi connectivity index (χ2n) is 3.57. The summed E-state index contributed by atoms with van der Waals surface area (Å²) in [4.78, 5) is 11.0. The van der Waals surface area contributed by atoms with Crippen LogP contribution in [0.4, 0.5) is 0 Å². The smallest absolute Gasteiger partial charge is 0.308 e. The summed E-state index contributed by atoms with van der Waals surface area (Å²) < 4.78 is 9.61. The van der Waals surface area contributed by atoms with Gasteiger partial charge in [0.25, 0.3) is 0 Å². The van der Waals surface area contributed by atoms with Crippen LogP contribution >= 0.6 is 11.6 Å². The van der Waals surface area contributed by atoms with Gasteiger partial charge in [-0.1, -0.05) is 29.8 Å². The molecule has 1 rings (SSSR count). The predicted molar refractivity (Wildman–Crippen MR) is 69.5 cm³/mol. The highest BCUT2D eigenvalue weighted by Crippen LogP contribution is 2.23. The van der Waals surface area contributed by atoms with Crippen molar-refractivity contribution in [1.29, 1.82) is 0 Å². The molecule has 1 aromatic rings. The summed E-state index contributed by atoms with van der Waals surface area (Å²) in [6, 6.07) is 7.23. The molecule has 0 aromatic heterocycles. The van der Waals surface area contributed by atoms with Crippen LogP contribution in [0.3, 0.4) is 0 Å². The molecule has 18 heavy (non-hydrogen) atoms. The van der Waals surface area contributed by atoms with Crippen molar-refractivity contribution in [3.8, 4) is 5.75 Å². The summed E-state index contributed by atoms with van der Waals surface area (Å²) in [7, 11) is 2.80. The number of rotatable bonds is 5. The Morgan fingerprint density at radius 3 is 2.72 bits per heavy atom. The molecular formula is C13H15ClO4. The van der Waals surface area contributed by atoms with Crippen molar-refractivity contribution in [3.63, 3.8) is 0 Å². The lowest BCUT2D eigenvalue weighted by atomic mass is 10.1. The van der Waals surface area contributed by atoms with Gasteiger partial charge in [0, 0.05) is 10.6 Å². The lowest BCUT2D eigenvalue weighted by Crippen LogP contribution is -2.14. The molecular weight excluding hydrogens is 256 g/mol. The van der Waals surface area contributed by atoms with Crippen molar-refractivity contribution in [2.45, 2.75) is 12.5 Å². The van der Waals surface area contributed by atoms with E-state index in [9.17, 15) is 9.90 Å². The minimum Gasteiger partial charge on any atom is -0.496 e. The van der Waals surface area contributed by atoms with E-state index in [1.807, 2.05) is 12.1 Å². The first-order valence-electron chi connectivity index (χ1n) is 5.33. The Hall–Kier alpha value is -1.52. The first-order chi connectivity index (χ1) is 8.58. The molecule has 1 N–H and O–H groups in total. The van der Waals surface area contributed by atoms with Gasteiger partial charge < -0.3 is 14.6 Å². The van der Waals surface area contributed by atoms with E-state index in [4.69, 9.17) is 16.3 Å². The Kier molecular flexibility index (Phi) is 5.68. The molecule has 0 amide bonds. The van der Waals surface area contributed by atoms with Gasteiger partial charge in [0.2, 0.25) is 0 Å². The SMILES string of the molecule is COC(=O)CC(O)/C(Cl)=C/c1ccccc1OC. The molecule has 5 heteroatoms. The van der Waals surface area contributed by atoms with Crippen molar-refractivity contribution in [2.75, 3.05) is 14.2 Å². The van der Waals surface area contributed by atoms with E-state index in [0.29, 0.717) is 5.75 Å². The third-order valence-corrected chi connectivity index (χ3v) is 2.70. The Bertz CT molecular complexity index is 442. The molecule has 0 saturated heterocycles. The number of benzene rings is 1. The number of para-hydroxylation sites is 1. The van der Waals surface area contributed by atoms with Crippen LogP contribution in [-0.4, -0.2) is 31.4 Å². The monoisotopic (exact) mass is 270 g/mol. The standard InChI is InChI=1S/C13H15ClO4/c1-17-12-6-4-3-5-9(12)7-10(14)11(15)8-13(16)18-2/h3-7,11,15H,8H2,1-2H3/b10-7-. The highest BCUT2D eigenvalue weighted by atomic mass is 35.5. The van der Waals surface area contributed by atoms with E-state index >= 15 is 0 Å². The molecule has 1 unspecified atom stereocenters. The number of esters is 1. The topological polar surface area (TPSA) is 55.8 Å². The van der Waals surface area contributed by atoms with Crippen molar-refractivity contribution < 1.29 is 19.4 Å². The summed E-state index contributed by atoms with van der Waals surface area (Å²) in [5.41, 5.74) is 0.730. The Morgan fingerprint density at radius 2 is 2.11 bits per heavy atom. The van der Waals surface area contributed by atoms with Crippen LogP contribution in [0.15, 0.2) is 29.3 Å². The third-order valence-electron chi connectivity index (χ3n) is 2.34. The van der Waals surface area contributed by atoms with Gasteiger partial charge in [0.05, 0.1) is 20.6 Å². The molecule has 0 radical (unpaired) electrons. The van der Waals surface area contributed by atoms with E-state index in [-0.39, 0.29) is 11.5 Å². The van der Waals surface area contributed by atoms with Crippen LogP contribution in [0.2, 0.25) is 0 Å². The number of ether oxygens (including phenoxy) is 2. The number of methoxy groups -OCH3 is 2. The quantitative estimate of drug-likeness (QED) is 0.834. The number of hydrogen-bond donors (Lipinski definition) is 1. The fraction of sp³-hybridized carbons (Fsp3) is 0.308. The molecule has 0 bridgehead atoms. The second kappa shape index (κ2) is 7.03. The molecule has 0 fully saturated rings. The highest BCUT2D eigenvalue weighted by molar-refractivity contribution is 6.32. The third kappa shape index (κ3) is 4.05. The van der Waals surface area contributed by atoms with Gasteiger partial charge in [-0.2, -0.15) is 0 Å². The van der Waals surface area contributed by atoms with E-state index in [1.54, 1.807) is 25.3 Å². The summed E-state index contributed by atoms with van der Waals surface area (Å²) in [6.07, 6.45) is 0.304. The normalized spacial score (nSPS) is 13.0. The molecule has 0 spiro atoms. The van der Waals surface area contributed by atoms with Gasteiger partial charge in [0.1, 0.15) is 11.9 Å². The minimum absolute atomic E-state index is 0.157. The van der Waals surface area contributed by atoms with Crippen LogP contribution in [0.1, 0.15) is 12.0 Å². The van der Waals surface area contributed by atoms with Crippen LogP contribution in [-0.2, 0) is 9.53 Å². The zero-order chi connectivity index (χ0) is 13.5. The molecule has 0 aliphatic heterocycles. The van der Waals surface area contributed by atoms with Crippen molar-refractivity contribution in [1.82, 2.24) is 0 Å². The fourth-order valence-electron chi connectivity index (χ4n) is 1.37. The average Bonchev–Trinajstić information content (AvgIpc) is 2.39. The van der Waals surface area contributed by atoms with Gasteiger partial charge >= 0.3 is 5.97 Å². The second-order valence-corrected chi connectivity index (χ2v) is 4.00. The highest BCUT2D eigenvalue weighted by Gasteiger charge is 2.14. The maximum atomic E-state index is 11.0. The van der Waals surface area contributed by atoms with Gasteiger partial charge in [0.15, 0.2) is 0 Å². The predicted octanol–water partition coefficient (Wildman–Crippen LogP) is 2.20. The van der Waals surface area contributed by atoms with E-state index in [0.717, 1.165) is 5.56 Å². The average molecular weight is 271 g/mol. The Morgan fingerprint density at radius 1 is 1.44 bits per heavy atom. The summed E-state index contributed by atoms with van der Waals surface area (Å²) in [5, 5.41) is 9.86. The molecule has 0 saturated carbocycles. The van der Waals surface area contributed by atoms with Gasteiger partial charge in [-0.25, -0.2) is 0 Å².